The first-order valence-corrected chi connectivity index (χ1v) is 8.06. The second kappa shape index (κ2) is 5.74. The monoisotopic (exact) mass is 280 g/mol. The third-order valence-electron chi connectivity index (χ3n) is 3.38. The summed E-state index contributed by atoms with van der Waals surface area (Å²) in [5, 5.41) is 0. The molecular weight excluding hydrogens is 260 g/mol. The average Bonchev–Trinajstić information content (AvgIpc) is 2.40. The van der Waals surface area contributed by atoms with Gasteiger partial charge in [0.25, 0.3) is 10.0 Å². The van der Waals surface area contributed by atoms with Gasteiger partial charge in [-0.3, -0.25) is 0 Å². The average molecular weight is 280 g/mol. The normalized spacial score (nSPS) is 17.6. The standard InChI is InChI=1S/C14H20N2O2S/c1-12-6-8-14(9-7-12)19(17,18)15-13(2)16-10-4-3-5-11-16/h6-9H,3-5,10-11H2,1-2H3. The van der Waals surface area contributed by atoms with Gasteiger partial charge in [-0.2, -0.15) is 8.42 Å². The number of benzene rings is 1. The van der Waals surface area contributed by atoms with Crippen LogP contribution in [0.15, 0.2) is 33.6 Å². The van der Waals surface area contributed by atoms with E-state index in [2.05, 4.69) is 9.30 Å². The van der Waals surface area contributed by atoms with Gasteiger partial charge in [-0.05, 0) is 45.2 Å². The van der Waals surface area contributed by atoms with Crippen molar-refractivity contribution in [2.45, 2.75) is 38.0 Å². The topological polar surface area (TPSA) is 49.7 Å². The Morgan fingerprint density at radius 2 is 1.68 bits per heavy atom. The minimum atomic E-state index is -3.58. The smallest absolute Gasteiger partial charge is 0.283 e. The minimum absolute atomic E-state index is 0.259. The lowest BCUT2D eigenvalue weighted by Crippen LogP contribution is -2.34. The maximum Gasteiger partial charge on any atom is 0.283 e. The molecule has 19 heavy (non-hydrogen) atoms. The van der Waals surface area contributed by atoms with E-state index in [-0.39, 0.29) is 4.90 Å². The summed E-state index contributed by atoms with van der Waals surface area (Å²) in [5.74, 6) is 0.597. The van der Waals surface area contributed by atoms with Crippen LogP contribution < -0.4 is 0 Å². The van der Waals surface area contributed by atoms with Crippen LogP contribution in [0.2, 0.25) is 0 Å². The molecule has 1 saturated heterocycles. The van der Waals surface area contributed by atoms with E-state index in [0.29, 0.717) is 5.84 Å². The number of likely N-dealkylation sites (tertiary alicyclic amines) is 1. The highest BCUT2D eigenvalue weighted by Gasteiger charge is 2.17. The minimum Gasteiger partial charge on any atom is -0.360 e. The molecule has 1 aliphatic rings. The highest BCUT2D eigenvalue weighted by Crippen LogP contribution is 2.15. The van der Waals surface area contributed by atoms with Crippen LogP contribution in [0, 0.1) is 6.92 Å². The lowest BCUT2D eigenvalue weighted by Gasteiger charge is -2.27. The molecule has 0 unspecified atom stereocenters. The third kappa shape index (κ3) is 3.56. The fourth-order valence-corrected chi connectivity index (χ4v) is 3.26. The fourth-order valence-electron chi connectivity index (χ4n) is 2.21. The van der Waals surface area contributed by atoms with Crippen LogP contribution in [0.1, 0.15) is 31.7 Å². The lowest BCUT2D eigenvalue weighted by molar-refractivity contribution is 0.341. The summed E-state index contributed by atoms with van der Waals surface area (Å²) in [4.78, 5) is 2.31. The van der Waals surface area contributed by atoms with Gasteiger partial charge in [0.05, 0.1) is 4.90 Å². The number of nitrogens with zero attached hydrogens (tertiary/aromatic N) is 2. The van der Waals surface area contributed by atoms with Crippen molar-refractivity contribution < 1.29 is 8.42 Å². The van der Waals surface area contributed by atoms with Crippen LogP contribution in [-0.4, -0.2) is 32.2 Å². The van der Waals surface area contributed by atoms with Gasteiger partial charge in [0.15, 0.2) is 0 Å². The summed E-state index contributed by atoms with van der Waals surface area (Å²) >= 11 is 0. The zero-order valence-electron chi connectivity index (χ0n) is 11.5. The number of amidine groups is 1. The zero-order valence-corrected chi connectivity index (χ0v) is 12.3. The molecular formula is C14H20N2O2S. The van der Waals surface area contributed by atoms with Crippen molar-refractivity contribution in [3.05, 3.63) is 29.8 Å². The lowest BCUT2D eigenvalue weighted by atomic mass is 10.1. The van der Waals surface area contributed by atoms with E-state index in [0.717, 1.165) is 31.5 Å². The van der Waals surface area contributed by atoms with Crippen LogP contribution in [0.25, 0.3) is 0 Å². The van der Waals surface area contributed by atoms with Crippen LogP contribution in [0.3, 0.4) is 0 Å². The Morgan fingerprint density at radius 1 is 1.11 bits per heavy atom. The largest absolute Gasteiger partial charge is 0.360 e. The molecule has 104 valence electrons. The molecule has 0 aliphatic carbocycles. The van der Waals surface area contributed by atoms with Gasteiger partial charge in [-0.15, -0.1) is 4.40 Å². The molecule has 0 atom stereocenters. The van der Waals surface area contributed by atoms with Crippen LogP contribution in [-0.2, 0) is 10.0 Å². The maximum atomic E-state index is 12.2. The van der Waals surface area contributed by atoms with E-state index in [4.69, 9.17) is 0 Å². The summed E-state index contributed by atoms with van der Waals surface area (Å²) in [7, 11) is -3.58. The van der Waals surface area contributed by atoms with Crippen molar-refractivity contribution in [1.82, 2.24) is 4.90 Å². The van der Waals surface area contributed by atoms with Crippen molar-refractivity contribution >= 4 is 15.9 Å². The van der Waals surface area contributed by atoms with E-state index < -0.39 is 10.0 Å². The molecule has 0 amide bonds. The Labute approximate surface area is 115 Å². The van der Waals surface area contributed by atoms with Gasteiger partial charge < -0.3 is 4.90 Å². The number of hydrogen-bond donors (Lipinski definition) is 0. The Morgan fingerprint density at radius 3 is 2.26 bits per heavy atom. The second-order valence-electron chi connectivity index (χ2n) is 4.97. The van der Waals surface area contributed by atoms with Gasteiger partial charge in [0.1, 0.15) is 5.84 Å². The van der Waals surface area contributed by atoms with Crippen molar-refractivity contribution in [2.75, 3.05) is 13.1 Å². The van der Waals surface area contributed by atoms with Crippen LogP contribution in [0.4, 0.5) is 0 Å². The summed E-state index contributed by atoms with van der Waals surface area (Å²) in [6.45, 7) is 5.51. The Kier molecular flexibility index (Phi) is 4.24. The Hall–Kier alpha value is -1.36. The summed E-state index contributed by atoms with van der Waals surface area (Å²) in [6, 6.07) is 6.80. The van der Waals surface area contributed by atoms with E-state index in [9.17, 15) is 8.42 Å². The number of piperidine rings is 1. The molecule has 1 aromatic rings. The predicted molar refractivity (Wildman–Crippen MR) is 76.9 cm³/mol. The highest BCUT2D eigenvalue weighted by molar-refractivity contribution is 7.90. The van der Waals surface area contributed by atoms with E-state index >= 15 is 0 Å². The van der Waals surface area contributed by atoms with Gasteiger partial charge in [0.2, 0.25) is 0 Å². The van der Waals surface area contributed by atoms with Gasteiger partial charge >= 0.3 is 0 Å². The first-order chi connectivity index (χ1) is 8.99. The number of rotatable bonds is 2. The molecule has 1 heterocycles. The van der Waals surface area contributed by atoms with Crippen LogP contribution in [0.5, 0.6) is 0 Å². The molecule has 1 aliphatic heterocycles. The van der Waals surface area contributed by atoms with E-state index in [1.165, 1.54) is 6.42 Å². The van der Waals surface area contributed by atoms with Crippen molar-refractivity contribution in [3.63, 3.8) is 0 Å². The highest BCUT2D eigenvalue weighted by atomic mass is 32.2. The van der Waals surface area contributed by atoms with Gasteiger partial charge in [0, 0.05) is 13.1 Å². The Bertz CT molecular complexity index is 556. The van der Waals surface area contributed by atoms with Crippen molar-refractivity contribution in [2.24, 2.45) is 4.40 Å². The third-order valence-corrected chi connectivity index (χ3v) is 4.76. The molecule has 0 spiro atoms. The number of hydrogen-bond acceptors (Lipinski definition) is 2. The molecule has 0 radical (unpaired) electrons. The number of sulfonamides is 1. The van der Waals surface area contributed by atoms with Crippen molar-refractivity contribution in [3.8, 4) is 0 Å². The molecule has 0 bridgehead atoms. The first-order valence-electron chi connectivity index (χ1n) is 6.62. The van der Waals surface area contributed by atoms with E-state index in [1.807, 2.05) is 6.92 Å². The molecule has 1 aromatic carbocycles. The van der Waals surface area contributed by atoms with Crippen molar-refractivity contribution in [1.29, 1.82) is 0 Å². The molecule has 0 saturated carbocycles. The second-order valence-corrected chi connectivity index (χ2v) is 6.58. The first kappa shape index (κ1) is 14.1. The SMILES string of the molecule is CC(=NS(=O)(=O)c1ccc(C)cc1)N1CCCCC1. The number of aryl methyl sites for hydroxylation is 1. The maximum absolute atomic E-state index is 12.2. The van der Waals surface area contributed by atoms with E-state index in [1.54, 1.807) is 31.2 Å². The molecule has 0 aromatic heterocycles. The summed E-state index contributed by atoms with van der Waals surface area (Å²) in [5.41, 5.74) is 1.04. The Balaban J connectivity index is 2.22. The van der Waals surface area contributed by atoms with Gasteiger partial charge in [-0.25, -0.2) is 0 Å². The molecule has 0 N–H and O–H groups in total. The molecule has 5 heteroatoms. The molecule has 4 nitrogen and oxygen atoms in total. The predicted octanol–water partition coefficient (Wildman–Crippen LogP) is 2.59. The molecule has 2 rings (SSSR count). The summed E-state index contributed by atoms with van der Waals surface area (Å²) < 4.78 is 28.3. The summed E-state index contributed by atoms with van der Waals surface area (Å²) in [6.07, 6.45) is 3.43. The fraction of sp³-hybridized carbons (Fsp3) is 0.500. The zero-order chi connectivity index (χ0) is 13.9. The van der Waals surface area contributed by atoms with Gasteiger partial charge in [-0.1, -0.05) is 17.7 Å². The quantitative estimate of drug-likeness (QED) is 0.618. The van der Waals surface area contributed by atoms with Crippen LogP contribution >= 0.6 is 0 Å². The molecule has 1 fully saturated rings.